The van der Waals surface area contributed by atoms with E-state index in [0.29, 0.717) is 19.3 Å². The van der Waals surface area contributed by atoms with Crippen LogP contribution in [-0.4, -0.2) is 31.0 Å². The molecule has 0 spiro atoms. The molecule has 0 fully saturated rings. The Balaban J connectivity index is 2.26. The van der Waals surface area contributed by atoms with Crippen molar-refractivity contribution in [2.75, 3.05) is 19.8 Å². The molecule has 0 bridgehead atoms. The van der Waals surface area contributed by atoms with Crippen molar-refractivity contribution in [3.05, 3.63) is 29.8 Å². The summed E-state index contributed by atoms with van der Waals surface area (Å²) in [7, 11) is 0. The third-order valence-corrected chi connectivity index (χ3v) is 2.62. The summed E-state index contributed by atoms with van der Waals surface area (Å²) in [5, 5.41) is 8.60. The van der Waals surface area contributed by atoms with Crippen molar-refractivity contribution in [1.29, 1.82) is 0 Å². The first-order valence-corrected chi connectivity index (χ1v) is 6.70. The van der Waals surface area contributed by atoms with Crippen molar-refractivity contribution in [1.82, 2.24) is 0 Å². The predicted molar refractivity (Wildman–Crippen MR) is 76.2 cm³/mol. The molecule has 0 aliphatic carbocycles. The second-order valence-electron chi connectivity index (χ2n) is 4.30. The van der Waals surface area contributed by atoms with E-state index >= 15 is 0 Å². The molecule has 0 aliphatic heterocycles. The summed E-state index contributed by atoms with van der Waals surface area (Å²) in [6.07, 6.45) is 2.51. The molecular formula is C16H22O3. The first-order chi connectivity index (χ1) is 9.26. The molecule has 3 nitrogen and oxygen atoms in total. The zero-order chi connectivity index (χ0) is 13.9. The first-order valence-electron chi connectivity index (χ1n) is 6.70. The second kappa shape index (κ2) is 9.43. The van der Waals surface area contributed by atoms with Crippen LogP contribution in [0.25, 0.3) is 0 Å². The van der Waals surface area contributed by atoms with E-state index < -0.39 is 0 Å². The molecule has 1 N–H and O–H groups in total. The Morgan fingerprint density at radius 1 is 1.21 bits per heavy atom. The molecule has 104 valence electrons. The van der Waals surface area contributed by atoms with E-state index in [9.17, 15) is 0 Å². The summed E-state index contributed by atoms with van der Waals surface area (Å²) in [4.78, 5) is 0. The summed E-state index contributed by atoms with van der Waals surface area (Å²) in [5.74, 6) is 6.25. The fraction of sp³-hybridized carbons (Fsp3) is 0.500. The summed E-state index contributed by atoms with van der Waals surface area (Å²) < 4.78 is 11.2. The van der Waals surface area contributed by atoms with Gasteiger partial charge in [-0.1, -0.05) is 25.2 Å². The normalized spacial score (nSPS) is 11.5. The molecule has 1 unspecified atom stereocenters. The Morgan fingerprint density at radius 3 is 2.58 bits per heavy atom. The van der Waals surface area contributed by atoms with Crippen LogP contribution >= 0.6 is 0 Å². The van der Waals surface area contributed by atoms with Gasteiger partial charge in [-0.25, -0.2) is 0 Å². The number of ether oxygens (including phenoxy) is 2. The van der Waals surface area contributed by atoms with Gasteiger partial charge in [0.25, 0.3) is 0 Å². The second-order valence-corrected chi connectivity index (χ2v) is 4.30. The van der Waals surface area contributed by atoms with Crippen molar-refractivity contribution in [2.45, 2.75) is 32.8 Å². The standard InChI is InChI=1S/C16H22O3/c1-3-5-14(2)18-12-13-19-16-9-7-15(8-10-16)6-4-11-17/h7-10,14,17H,3,5,11-13H2,1-2H3. The van der Waals surface area contributed by atoms with Crippen LogP contribution < -0.4 is 4.74 Å². The number of rotatable bonds is 7. The highest BCUT2D eigenvalue weighted by molar-refractivity contribution is 5.38. The summed E-state index contributed by atoms with van der Waals surface area (Å²) in [6.45, 7) is 5.27. The minimum absolute atomic E-state index is 0.120. The van der Waals surface area contributed by atoms with Crippen molar-refractivity contribution >= 4 is 0 Å². The van der Waals surface area contributed by atoms with Crippen LogP contribution in [0.2, 0.25) is 0 Å². The van der Waals surface area contributed by atoms with Gasteiger partial charge in [0.15, 0.2) is 0 Å². The lowest BCUT2D eigenvalue weighted by Gasteiger charge is -2.12. The molecule has 1 rings (SSSR count). The van der Waals surface area contributed by atoms with E-state index in [-0.39, 0.29) is 6.61 Å². The van der Waals surface area contributed by atoms with Crippen molar-refractivity contribution in [3.8, 4) is 17.6 Å². The van der Waals surface area contributed by atoms with E-state index in [1.807, 2.05) is 24.3 Å². The number of hydrogen-bond acceptors (Lipinski definition) is 3. The Bertz CT molecular complexity index is 400. The number of hydrogen-bond donors (Lipinski definition) is 1. The average Bonchev–Trinajstić information content (AvgIpc) is 2.43. The molecule has 1 aromatic carbocycles. The average molecular weight is 262 g/mol. The first kappa shape index (κ1) is 15.6. The summed E-state index contributed by atoms with van der Waals surface area (Å²) in [5.41, 5.74) is 0.870. The minimum Gasteiger partial charge on any atom is -0.491 e. The number of aliphatic hydroxyl groups excluding tert-OH is 1. The molecule has 0 saturated carbocycles. The lowest BCUT2D eigenvalue weighted by Crippen LogP contribution is -2.13. The fourth-order valence-electron chi connectivity index (χ4n) is 1.67. The monoisotopic (exact) mass is 262 g/mol. The van der Waals surface area contributed by atoms with Gasteiger partial charge in [0.2, 0.25) is 0 Å². The summed E-state index contributed by atoms with van der Waals surface area (Å²) >= 11 is 0. The highest BCUT2D eigenvalue weighted by Crippen LogP contribution is 2.11. The third kappa shape index (κ3) is 6.85. The number of aliphatic hydroxyl groups is 1. The Morgan fingerprint density at radius 2 is 1.95 bits per heavy atom. The molecule has 1 aromatic rings. The van der Waals surface area contributed by atoms with Crippen LogP contribution in [0.3, 0.4) is 0 Å². The number of benzene rings is 1. The molecule has 3 heteroatoms. The van der Waals surface area contributed by atoms with Gasteiger partial charge in [-0.15, -0.1) is 0 Å². The minimum atomic E-state index is -0.120. The fourth-order valence-corrected chi connectivity index (χ4v) is 1.67. The van der Waals surface area contributed by atoms with Crippen LogP contribution in [0.5, 0.6) is 5.75 Å². The van der Waals surface area contributed by atoms with E-state index in [1.54, 1.807) is 0 Å². The van der Waals surface area contributed by atoms with Crippen LogP contribution in [-0.2, 0) is 4.74 Å². The largest absolute Gasteiger partial charge is 0.491 e. The van der Waals surface area contributed by atoms with Crippen molar-refractivity contribution < 1.29 is 14.6 Å². The van der Waals surface area contributed by atoms with Gasteiger partial charge < -0.3 is 14.6 Å². The smallest absolute Gasteiger partial charge is 0.119 e. The zero-order valence-electron chi connectivity index (χ0n) is 11.7. The third-order valence-electron chi connectivity index (χ3n) is 2.62. The van der Waals surface area contributed by atoms with Gasteiger partial charge in [0, 0.05) is 5.56 Å². The molecule has 19 heavy (non-hydrogen) atoms. The maximum atomic E-state index is 8.60. The topological polar surface area (TPSA) is 38.7 Å². The van der Waals surface area contributed by atoms with E-state index in [2.05, 4.69) is 25.7 Å². The van der Waals surface area contributed by atoms with Gasteiger partial charge in [0.1, 0.15) is 19.0 Å². The van der Waals surface area contributed by atoms with E-state index in [0.717, 1.165) is 24.2 Å². The molecule has 0 heterocycles. The Kier molecular flexibility index (Phi) is 7.72. The molecular weight excluding hydrogens is 240 g/mol. The van der Waals surface area contributed by atoms with Gasteiger partial charge >= 0.3 is 0 Å². The predicted octanol–water partition coefficient (Wildman–Crippen LogP) is 2.61. The van der Waals surface area contributed by atoms with Crippen molar-refractivity contribution in [2.24, 2.45) is 0 Å². The van der Waals surface area contributed by atoms with Crippen molar-refractivity contribution in [3.63, 3.8) is 0 Å². The molecule has 0 aliphatic rings. The molecule has 0 aromatic heterocycles. The molecule has 0 saturated heterocycles. The maximum absolute atomic E-state index is 8.60. The molecule has 1 atom stereocenters. The summed E-state index contributed by atoms with van der Waals surface area (Å²) in [6, 6.07) is 7.49. The lowest BCUT2D eigenvalue weighted by atomic mass is 10.2. The highest BCUT2D eigenvalue weighted by Gasteiger charge is 2.00. The highest BCUT2D eigenvalue weighted by atomic mass is 16.5. The van der Waals surface area contributed by atoms with Gasteiger partial charge in [-0.05, 0) is 37.6 Å². The molecule has 0 amide bonds. The lowest BCUT2D eigenvalue weighted by molar-refractivity contribution is 0.0395. The van der Waals surface area contributed by atoms with Crippen LogP contribution in [0.4, 0.5) is 0 Å². The van der Waals surface area contributed by atoms with E-state index in [1.165, 1.54) is 0 Å². The van der Waals surface area contributed by atoms with Crippen LogP contribution in [0, 0.1) is 11.8 Å². The van der Waals surface area contributed by atoms with E-state index in [4.69, 9.17) is 14.6 Å². The maximum Gasteiger partial charge on any atom is 0.119 e. The van der Waals surface area contributed by atoms with Gasteiger partial charge in [0.05, 0.1) is 12.7 Å². The zero-order valence-corrected chi connectivity index (χ0v) is 11.7. The Hall–Kier alpha value is -1.50. The SMILES string of the molecule is CCCC(C)OCCOc1ccc(C#CCO)cc1. The van der Waals surface area contributed by atoms with Crippen LogP contribution in [0.1, 0.15) is 32.3 Å². The van der Waals surface area contributed by atoms with Gasteiger partial charge in [-0.2, -0.15) is 0 Å². The van der Waals surface area contributed by atoms with Crippen LogP contribution in [0.15, 0.2) is 24.3 Å². The molecule has 0 radical (unpaired) electrons. The quantitative estimate of drug-likeness (QED) is 0.606. The van der Waals surface area contributed by atoms with Gasteiger partial charge in [-0.3, -0.25) is 0 Å². The Labute approximate surface area is 115 Å².